The van der Waals surface area contributed by atoms with Crippen LogP contribution in [0.3, 0.4) is 0 Å². The Hall–Kier alpha value is -2.45. The van der Waals surface area contributed by atoms with E-state index in [1.54, 1.807) is 6.92 Å². The van der Waals surface area contributed by atoms with E-state index in [0.29, 0.717) is 18.7 Å². The lowest BCUT2D eigenvalue weighted by atomic mass is 9.62. The van der Waals surface area contributed by atoms with E-state index in [0.717, 1.165) is 17.5 Å². The molecule has 1 spiro atoms. The van der Waals surface area contributed by atoms with Crippen molar-refractivity contribution in [3.8, 4) is 0 Å². The number of hydrogen-bond donors (Lipinski definition) is 3. The van der Waals surface area contributed by atoms with Crippen LogP contribution in [0.5, 0.6) is 0 Å². The first kappa shape index (κ1) is 24.7. The van der Waals surface area contributed by atoms with Crippen molar-refractivity contribution in [2.75, 3.05) is 18.5 Å². The Morgan fingerprint density at radius 1 is 1.26 bits per heavy atom. The fraction of sp³-hybridized carbons (Fsp3) is 0.654. The number of ether oxygens (including phenoxy) is 1. The number of amides is 3. The first-order valence-corrected chi connectivity index (χ1v) is 12.3. The highest BCUT2D eigenvalue weighted by Crippen LogP contribution is 2.65. The lowest BCUT2D eigenvalue weighted by Gasteiger charge is -2.36. The number of aryl methyl sites for hydroxylation is 2. The number of benzene rings is 1. The van der Waals surface area contributed by atoms with Gasteiger partial charge in [-0.25, -0.2) is 0 Å². The number of likely N-dealkylation sites (tertiary alicyclic amines) is 1. The monoisotopic (exact) mass is 471 g/mol. The van der Waals surface area contributed by atoms with E-state index in [1.807, 2.05) is 52.8 Å². The van der Waals surface area contributed by atoms with Gasteiger partial charge in [0.25, 0.3) is 0 Å². The molecule has 1 aromatic rings. The molecule has 0 aliphatic carbocycles. The van der Waals surface area contributed by atoms with E-state index in [-0.39, 0.29) is 30.2 Å². The van der Waals surface area contributed by atoms with Crippen molar-refractivity contribution >= 4 is 23.4 Å². The molecule has 0 saturated carbocycles. The Morgan fingerprint density at radius 3 is 2.50 bits per heavy atom. The average molecular weight is 472 g/mol. The van der Waals surface area contributed by atoms with Gasteiger partial charge in [-0.2, -0.15) is 0 Å². The van der Waals surface area contributed by atoms with Crippen LogP contribution in [0.15, 0.2) is 18.2 Å². The molecule has 3 amide bonds. The van der Waals surface area contributed by atoms with Gasteiger partial charge in [-0.3, -0.25) is 14.4 Å². The van der Waals surface area contributed by atoms with Crippen LogP contribution in [0.4, 0.5) is 5.69 Å². The summed E-state index contributed by atoms with van der Waals surface area (Å²) in [5, 5.41) is 16.0. The Bertz CT molecular complexity index is 992. The second-order valence-electron chi connectivity index (χ2n) is 10.5. The fourth-order valence-electron chi connectivity index (χ4n) is 6.50. The lowest BCUT2D eigenvalue weighted by molar-refractivity contribution is -0.148. The first-order valence-electron chi connectivity index (χ1n) is 12.3. The standard InChI is InChI=1S/C26H37N3O5/c1-7-11-27-22(31)18-19-24(33)29(17(5)13-30)21(26(19)12-16(4)25(18,6)34-26)23(32)28-20-14(2)9-8-10-15(20)3/h8-10,16-19,21,30H,7,11-13H2,1-6H3,(H,27,31)(H,28,32)/t16?,17-,18-,19+,21?,25+,26?/m1/s1. The van der Waals surface area contributed by atoms with Crippen molar-refractivity contribution in [3.63, 3.8) is 0 Å². The molecule has 0 aromatic heterocycles. The minimum Gasteiger partial charge on any atom is -0.394 e. The normalized spacial score (nSPS) is 34.8. The maximum absolute atomic E-state index is 13.9. The molecule has 3 N–H and O–H groups in total. The third kappa shape index (κ3) is 3.37. The molecule has 0 radical (unpaired) electrons. The smallest absolute Gasteiger partial charge is 0.250 e. The van der Waals surface area contributed by atoms with E-state index < -0.39 is 35.1 Å². The highest BCUT2D eigenvalue weighted by atomic mass is 16.5. The zero-order chi connectivity index (χ0) is 25.0. The molecule has 34 heavy (non-hydrogen) atoms. The molecule has 2 bridgehead atoms. The second kappa shape index (κ2) is 8.64. The number of rotatable bonds is 7. The van der Waals surface area contributed by atoms with Gasteiger partial charge in [-0.1, -0.05) is 32.0 Å². The third-order valence-electron chi connectivity index (χ3n) is 8.30. The third-order valence-corrected chi connectivity index (χ3v) is 8.30. The largest absolute Gasteiger partial charge is 0.394 e. The van der Waals surface area contributed by atoms with E-state index in [2.05, 4.69) is 10.6 Å². The summed E-state index contributed by atoms with van der Waals surface area (Å²) in [6.07, 6.45) is 1.28. The molecule has 4 rings (SSSR count). The minimum atomic E-state index is -1.12. The summed E-state index contributed by atoms with van der Waals surface area (Å²) < 4.78 is 6.66. The zero-order valence-electron chi connectivity index (χ0n) is 21.0. The number of aliphatic hydroxyl groups is 1. The number of aliphatic hydroxyl groups excluding tert-OH is 1. The van der Waals surface area contributed by atoms with Gasteiger partial charge in [-0.15, -0.1) is 0 Å². The molecular weight excluding hydrogens is 434 g/mol. The van der Waals surface area contributed by atoms with Crippen molar-refractivity contribution < 1.29 is 24.2 Å². The van der Waals surface area contributed by atoms with Crippen LogP contribution in [0, 0.1) is 31.6 Å². The van der Waals surface area contributed by atoms with Crippen LogP contribution >= 0.6 is 0 Å². The molecular formula is C26H37N3O5. The number of nitrogens with zero attached hydrogens (tertiary/aromatic N) is 1. The summed E-state index contributed by atoms with van der Waals surface area (Å²) in [4.78, 5) is 42.6. The van der Waals surface area contributed by atoms with E-state index >= 15 is 0 Å². The highest BCUT2D eigenvalue weighted by Gasteiger charge is 2.80. The molecule has 8 heteroatoms. The lowest BCUT2D eigenvalue weighted by Crippen LogP contribution is -2.56. The number of anilines is 1. The second-order valence-corrected chi connectivity index (χ2v) is 10.5. The molecule has 3 fully saturated rings. The van der Waals surface area contributed by atoms with Crippen molar-refractivity contribution in [1.29, 1.82) is 0 Å². The van der Waals surface area contributed by atoms with Crippen molar-refractivity contribution in [3.05, 3.63) is 29.3 Å². The van der Waals surface area contributed by atoms with Crippen LogP contribution in [0.25, 0.3) is 0 Å². The molecule has 8 nitrogen and oxygen atoms in total. The molecule has 3 aliphatic rings. The van der Waals surface area contributed by atoms with E-state index in [9.17, 15) is 19.5 Å². The molecule has 1 aromatic carbocycles. The number of fused-ring (bicyclic) bond motifs is 1. The number of nitrogens with one attached hydrogen (secondary N) is 2. The maximum atomic E-state index is 13.9. The number of carbonyl (C=O) groups excluding carboxylic acids is 3. The van der Waals surface area contributed by atoms with Crippen LogP contribution in [-0.2, 0) is 19.1 Å². The van der Waals surface area contributed by atoms with Gasteiger partial charge in [0.15, 0.2) is 0 Å². The number of hydrogen-bond acceptors (Lipinski definition) is 5. The van der Waals surface area contributed by atoms with Gasteiger partial charge in [-0.05, 0) is 57.6 Å². The summed E-state index contributed by atoms with van der Waals surface area (Å²) in [7, 11) is 0. The van der Waals surface area contributed by atoms with Crippen LogP contribution in [0.2, 0.25) is 0 Å². The topological polar surface area (TPSA) is 108 Å². The Kier molecular flexibility index (Phi) is 6.27. The summed E-state index contributed by atoms with van der Waals surface area (Å²) in [6, 6.07) is 4.24. The summed E-state index contributed by atoms with van der Waals surface area (Å²) in [5.41, 5.74) is 0.581. The quantitative estimate of drug-likeness (QED) is 0.565. The summed E-state index contributed by atoms with van der Waals surface area (Å²) in [5.74, 6) is -2.33. The predicted molar refractivity (Wildman–Crippen MR) is 128 cm³/mol. The maximum Gasteiger partial charge on any atom is 0.250 e. The highest BCUT2D eigenvalue weighted by molar-refractivity contribution is 6.04. The van der Waals surface area contributed by atoms with Gasteiger partial charge in [0.05, 0.1) is 30.1 Å². The van der Waals surface area contributed by atoms with Gasteiger partial charge in [0.1, 0.15) is 11.6 Å². The molecule has 3 unspecified atom stereocenters. The molecule has 3 aliphatic heterocycles. The van der Waals surface area contributed by atoms with E-state index in [1.165, 1.54) is 4.90 Å². The average Bonchev–Trinajstić information content (AvgIpc) is 3.31. The van der Waals surface area contributed by atoms with Crippen molar-refractivity contribution in [2.45, 2.75) is 77.7 Å². The minimum absolute atomic E-state index is 0.0196. The molecule has 7 atom stereocenters. The van der Waals surface area contributed by atoms with Crippen LogP contribution in [-0.4, -0.2) is 64.2 Å². The number of para-hydroxylation sites is 1. The van der Waals surface area contributed by atoms with Gasteiger partial charge in [0, 0.05) is 12.2 Å². The van der Waals surface area contributed by atoms with Crippen molar-refractivity contribution in [2.24, 2.45) is 17.8 Å². The predicted octanol–water partition coefficient (Wildman–Crippen LogP) is 2.16. The van der Waals surface area contributed by atoms with Crippen LogP contribution < -0.4 is 10.6 Å². The van der Waals surface area contributed by atoms with Crippen LogP contribution in [0.1, 0.15) is 51.7 Å². The van der Waals surface area contributed by atoms with Gasteiger partial charge in [0.2, 0.25) is 17.7 Å². The molecule has 186 valence electrons. The first-order chi connectivity index (χ1) is 16.0. The Morgan fingerprint density at radius 2 is 1.91 bits per heavy atom. The van der Waals surface area contributed by atoms with E-state index in [4.69, 9.17) is 4.74 Å². The molecule has 3 heterocycles. The van der Waals surface area contributed by atoms with Gasteiger partial charge < -0.3 is 25.4 Å². The fourth-order valence-corrected chi connectivity index (χ4v) is 6.50. The molecule has 3 saturated heterocycles. The Labute approximate surface area is 201 Å². The summed E-state index contributed by atoms with van der Waals surface area (Å²) in [6.45, 7) is 11.7. The SMILES string of the molecule is CCCNC(=O)[C@H]1[C@H]2C(=O)N([C@H](C)CO)C(C(=O)Nc3c(C)cccc3C)C23CC(C)[C@]1(C)O3. The Balaban J connectivity index is 1.79. The zero-order valence-corrected chi connectivity index (χ0v) is 21.0. The number of carbonyl (C=O) groups is 3. The summed E-state index contributed by atoms with van der Waals surface area (Å²) >= 11 is 0. The van der Waals surface area contributed by atoms with Gasteiger partial charge >= 0.3 is 0 Å². The van der Waals surface area contributed by atoms with Crippen molar-refractivity contribution in [1.82, 2.24) is 10.2 Å².